The van der Waals surface area contributed by atoms with Crippen LogP contribution in [-0.4, -0.2) is 33.0 Å². The van der Waals surface area contributed by atoms with E-state index in [-0.39, 0.29) is 12.2 Å². The molecule has 0 spiro atoms. The van der Waals surface area contributed by atoms with Gasteiger partial charge in [0.25, 0.3) is 0 Å². The van der Waals surface area contributed by atoms with Gasteiger partial charge in [0.15, 0.2) is 5.82 Å². The Bertz CT molecular complexity index is 1270. The summed E-state index contributed by atoms with van der Waals surface area (Å²) in [6, 6.07) is 9.80. The van der Waals surface area contributed by atoms with Crippen molar-refractivity contribution in [2.45, 2.75) is 6.42 Å². The van der Waals surface area contributed by atoms with Gasteiger partial charge in [0.2, 0.25) is 4.96 Å². The molecule has 7 nitrogen and oxygen atoms in total. The zero-order chi connectivity index (χ0) is 22.0. The van der Waals surface area contributed by atoms with Crippen LogP contribution >= 0.6 is 22.9 Å². The van der Waals surface area contributed by atoms with Gasteiger partial charge in [0.05, 0.1) is 11.4 Å². The van der Waals surface area contributed by atoms with Crippen LogP contribution in [0, 0.1) is 11.6 Å². The molecule has 11 heteroatoms. The van der Waals surface area contributed by atoms with Crippen LogP contribution in [0.15, 0.2) is 47.8 Å². The third-order valence-corrected chi connectivity index (χ3v) is 5.42. The average Bonchev–Trinajstić information content (AvgIpc) is 3.32. The summed E-state index contributed by atoms with van der Waals surface area (Å²) < 4.78 is 28.2. The number of carbonyl (C=O) groups excluding carboxylic acids is 2. The third kappa shape index (κ3) is 4.70. The number of rotatable bonds is 5. The molecule has 0 saturated carbocycles. The highest BCUT2D eigenvalue weighted by atomic mass is 35.5. The Labute approximate surface area is 183 Å². The molecule has 0 atom stereocenters. The van der Waals surface area contributed by atoms with E-state index in [1.807, 2.05) is 17.5 Å². The van der Waals surface area contributed by atoms with Crippen LogP contribution < -0.4 is 10.6 Å². The van der Waals surface area contributed by atoms with Crippen molar-refractivity contribution < 1.29 is 18.4 Å². The van der Waals surface area contributed by atoms with E-state index in [4.69, 9.17) is 11.6 Å². The fraction of sp³-hybridized carbons (Fsp3) is 0.100. The maximum absolute atomic E-state index is 13.6. The Morgan fingerprint density at radius 1 is 1.10 bits per heavy atom. The van der Waals surface area contributed by atoms with E-state index in [0.29, 0.717) is 28.3 Å². The largest absolute Gasteiger partial charge is 0.347 e. The van der Waals surface area contributed by atoms with Crippen LogP contribution in [-0.2, 0) is 16.0 Å². The Balaban J connectivity index is 1.36. The van der Waals surface area contributed by atoms with Crippen molar-refractivity contribution >= 4 is 45.4 Å². The van der Waals surface area contributed by atoms with Gasteiger partial charge < -0.3 is 10.6 Å². The number of fused-ring (bicyclic) bond motifs is 1. The number of aromatic nitrogens is 3. The Morgan fingerprint density at radius 2 is 1.87 bits per heavy atom. The first-order chi connectivity index (χ1) is 14.9. The van der Waals surface area contributed by atoms with E-state index in [9.17, 15) is 18.4 Å². The monoisotopic (exact) mass is 461 g/mol. The number of nitrogens with zero attached hydrogens (tertiary/aromatic N) is 3. The molecular weight excluding hydrogens is 448 g/mol. The molecule has 2 aromatic carbocycles. The second-order valence-electron chi connectivity index (χ2n) is 6.45. The summed E-state index contributed by atoms with van der Waals surface area (Å²) in [4.78, 5) is 29.1. The predicted octanol–water partition coefficient (Wildman–Crippen LogP) is 3.69. The molecule has 0 unspecified atom stereocenters. The van der Waals surface area contributed by atoms with Crippen molar-refractivity contribution in [2.24, 2.45) is 0 Å². The molecule has 2 aromatic heterocycles. The van der Waals surface area contributed by atoms with Crippen molar-refractivity contribution in [3.8, 4) is 11.4 Å². The minimum absolute atomic E-state index is 0.153. The number of thiazole rings is 1. The zero-order valence-corrected chi connectivity index (χ0v) is 17.3. The number of hydrogen-bond donors (Lipinski definition) is 2. The maximum Gasteiger partial charge on any atom is 0.313 e. The van der Waals surface area contributed by atoms with Crippen LogP contribution in [0.1, 0.15) is 5.69 Å². The van der Waals surface area contributed by atoms with Crippen LogP contribution in [0.2, 0.25) is 5.02 Å². The summed E-state index contributed by atoms with van der Waals surface area (Å²) >= 11 is 7.31. The smallest absolute Gasteiger partial charge is 0.313 e. The molecule has 31 heavy (non-hydrogen) atoms. The molecule has 0 fully saturated rings. The number of nitrogens with one attached hydrogen (secondary N) is 2. The van der Waals surface area contributed by atoms with Gasteiger partial charge in [-0.3, -0.25) is 9.59 Å². The Kier molecular flexibility index (Phi) is 5.92. The van der Waals surface area contributed by atoms with E-state index >= 15 is 0 Å². The molecule has 4 rings (SSSR count). The minimum atomic E-state index is -1.05. The van der Waals surface area contributed by atoms with Crippen molar-refractivity contribution in [3.05, 3.63) is 70.2 Å². The summed E-state index contributed by atoms with van der Waals surface area (Å²) in [6.45, 7) is 0.153. The molecule has 0 aliphatic rings. The first-order valence-corrected chi connectivity index (χ1v) is 10.3. The van der Waals surface area contributed by atoms with E-state index in [2.05, 4.69) is 20.7 Å². The lowest BCUT2D eigenvalue weighted by Gasteiger charge is -2.07. The maximum atomic E-state index is 13.6. The van der Waals surface area contributed by atoms with Crippen LogP contribution in [0.3, 0.4) is 0 Å². The molecule has 4 aromatic rings. The highest BCUT2D eigenvalue weighted by Crippen LogP contribution is 2.22. The Hall–Kier alpha value is -3.37. The third-order valence-electron chi connectivity index (χ3n) is 4.30. The minimum Gasteiger partial charge on any atom is -0.347 e. The highest BCUT2D eigenvalue weighted by molar-refractivity contribution is 7.15. The standard InChI is InChI=1S/C20H14ClF2N5O2S/c21-12-3-1-11(2-4-12)17-26-20-28(27-17)14(10-31-20)7-8-24-18(29)19(30)25-16-6-5-13(22)9-15(16)23/h1-6,9-10H,7-8H2,(H,24,29)(H,25,30). The lowest BCUT2D eigenvalue weighted by atomic mass is 10.2. The topological polar surface area (TPSA) is 88.4 Å². The van der Waals surface area contributed by atoms with Gasteiger partial charge in [0.1, 0.15) is 11.6 Å². The summed E-state index contributed by atoms with van der Waals surface area (Å²) in [5.41, 5.74) is 1.35. The van der Waals surface area contributed by atoms with Gasteiger partial charge >= 0.3 is 11.8 Å². The van der Waals surface area contributed by atoms with E-state index in [1.54, 1.807) is 16.6 Å². The van der Waals surface area contributed by atoms with Crippen molar-refractivity contribution in [1.29, 1.82) is 0 Å². The molecule has 0 saturated heterocycles. The van der Waals surface area contributed by atoms with Crippen molar-refractivity contribution in [1.82, 2.24) is 19.9 Å². The predicted molar refractivity (Wildman–Crippen MR) is 113 cm³/mol. The Morgan fingerprint density at radius 3 is 2.61 bits per heavy atom. The molecule has 0 bridgehead atoms. The second-order valence-corrected chi connectivity index (χ2v) is 7.72. The van der Waals surface area contributed by atoms with Crippen molar-refractivity contribution in [2.75, 3.05) is 11.9 Å². The molecule has 2 heterocycles. The van der Waals surface area contributed by atoms with Gasteiger partial charge in [-0.1, -0.05) is 11.6 Å². The van der Waals surface area contributed by atoms with Gasteiger partial charge in [-0.15, -0.1) is 16.4 Å². The lowest BCUT2D eigenvalue weighted by Crippen LogP contribution is -2.36. The molecule has 2 N–H and O–H groups in total. The fourth-order valence-corrected chi connectivity index (χ4v) is 3.75. The number of carbonyl (C=O) groups is 2. The number of hydrogen-bond acceptors (Lipinski definition) is 5. The summed E-state index contributed by atoms with van der Waals surface area (Å²) in [5.74, 6) is -3.18. The van der Waals surface area contributed by atoms with Crippen LogP contribution in [0.4, 0.5) is 14.5 Å². The molecule has 0 aliphatic heterocycles. The molecular formula is C20H14ClF2N5O2S. The van der Waals surface area contributed by atoms with Gasteiger partial charge in [-0.2, -0.15) is 4.98 Å². The summed E-state index contributed by atoms with van der Waals surface area (Å²) in [6.07, 6.45) is 0.396. The summed E-state index contributed by atoms with van der Waals surface area (Å²) in [5, 5.41) is 11.5. The second kappa shape index (κ2) is 8.78. The van der Waals surface area contributed by atoms with Crippen molar-refractivity contribution in [3.63, 3.8) is 0 Å². The van der Waals surface area contributed by atoms with E-state index < -0.39 is 23.4 Å². The number of halogens is 3. The number of benzene rings is 2. The first-order valence-electron chi connectivity index (χ1n) is 9.04. The van der Waals surface area contributed by atoms with E-state index in [1.165, 1.54) is 11.3 Å². The summed E-state index contributed by atoms with van der Waals surface area (Å²) in [7, 11) is 0. The zero-order valence-electron chi connectivity index (χ0n) is 15.7. The van der Waals surface area contributed by atoms with Gasteiger partial charge in [-0.05, 0) is 36.4 Å². The molecule has 0 aliphatic carbocycles. The fourth-order valence-electron chi connectivity index (χ4n) is 2.77. The highest BCUT2D eigenvalue weighted by Gasteiger charge is 2.16. The lowest BCUT2D eigenvalue weighted by molar-refractivity contribution is -0.136. The number of anilines is 1. The number of amides is 2. The average molecular weight is 462 g/mol. The van der Waals surface area contributed by atoms with Crippen LogP contribution in [0.5, 0.6) is 0 Å². The molecule has 2 amide bonds. The van der Waals surface area contributed by atoms with Gasteiger partial charge in [-0.25, -0.2) is 13.3 Å². The normalized spacial score (nSPS) is 10.9. The first kappa shape index (κ1) is 20.9. The molecule has 0 radical (unpaired) electrons. The van der Waals surface area contributed by atoms with Crippen LogP contribution in [0.25, 0.3) is 16.3 Å². The molecule has 158 valence electrons. The SMILES string of the molecule is O=C(NCCc1csc2nc(-c3ccc(Cl)cc3)nn12)C(=O)Nc1ccc(F)cc1F. The quantitative estimate of drug-likeness (QED) is 0.444. The van der Waals surface area contributed by atoms with Gasteiger partial charge in [0, 0.05) is 35.0 Å². The van der Waals surface area contributed by atoms with E-state index in [0.717, 1.165) is 23.4 Å².